The number of hydrogen-bond acceptors (Lipinski definition) is 1. The summed E-state index contributed by atoms with van der Waals surface area (Å²) in [5.41, 5.74) is 0. The molecule has 0 heterocycles. The van der Waals surface area contributed by atoms with E-state index in [9.17, 15) is 0 Å². The Bertz CT molecular complexity index is 105. The lowest BCUT2D eigenvalue weighted by molar-refractivity contribution is 0.227. The normalized spacial score (nSPS) is 16.6. The van der Waals surface area contributed by atoms with Crippen LogP contribution in [0.4, 0.5) is 0 Å². The van der Waals surface area contributed by atoms with Crippen LogP contribution in [0.5, 0.6) is 0 Å². The second-order valence-corrected chi connectivity index (χ2v) is 3.88. The number of hydrogen-bond donors (Lipinski definition) is 1. The van der Waals surface area contributed by atoms with E-state index in [1.54, 1.807) is 13.0 Å². The molecule has 9 heavy (non-hydrogen) atoms. The lowest BCUT2D eigenvalue weighted by atomic mass is 10.3. The summed E-state index contributed by atoms with van der Waals surface area (Å²) >= 11 is 15.9. The van der Waals surface area contributed by atoms with E-state index in [1.165, 1.54) is 6.08 Å². The molecule has 0 aliphatic rings. The first-order valence-electron chi connectivity index (χ1n) is 2.36. The first kappa shape index (κ1) is 9.57. The zero-order valence-corrected chi connectivity index (χ0v) is 7.08. The van der Waals surface area contributed by atoms with Crippen molar-refractivity contribution in [1.82, 2.24) is 0 Å². The molecular formula is C5H7Cl3O. The molecule has 0 fully saturated rings. The van der Waals surface area contributed by atoms with Crippen molar-refractivity contribution in [2.24, 2.45) is 0 Å². The van der Waals surface area contributed by atoms with Gasteiger partial charge in [0.05, 0.1) is 0 Å². The van der Waals surface area contributed by atoms with Crippen LogP contribution in [0.25, 0.3) is 0 Å². The average Bonchev–Trinajstić information content (AvgIpc) is 1.64. The molecule has 0 radical (unpaired) electrons. The zero-order valence-electron chi connectivity index (χ0n) is 4.81. The zero-order chi connectivity index (χ0) is 7.49. The van der Waals surface area contributed by atoms with Gasteiger partial charge in [0.2, 0.25) is 3.79 Å². The summed E-state index contributed by atoms with van der Waals surface area (Å²) in [5, 5.41) is 8.90. The summed E-state index contributed by atoms with van der Waals surface area (Å²) in [5.74, 6) is 0. The molecule has 0 aromatic rings. The third-order valence-corrected chi connectivity index (χ3v) is 1.38. The Kier molecular flexibility index (Phi) is 3.90. The first-order chi connectivity index (χ1) is 3.98. The summed E-state index contributed by atoms with van der Waals surface area (Å²) in [4.78, 5) is 0. The highest BCUT2D eigenvalue weighted by atomic mass is 35.6. The number of rotatable bonds is 1. The Balaban J connectivity index is 3.88. The topological polar surface area (TPSA) is 20.2 Å². The predicted octanol–water partition coefficient (Wildman–Crippen LogP) is 2.29. The quantitative estimate of drug-likeness (QED) is 0.496. The van der Waals surface area contributed by atoms with Crippen molar-refractivity contribution in [2.75, 3.05) is 0 Å². The highest BCUT2D eigenvalue weighted by molar-refractivity contribution is 6.68. The van der Waals surface area contributed by atoms with Gasteiger partial charge in [0.15, 0.2) is 0 Å². The Morgan fingerprint density at radius 3 is 2.00 bits per heavy atom. The minimum Gasteiger partial charge on any atom is -0.385 e. The molecule has 0 aromatic heterocycles. The first-order valence-corrected chi connectivity index (χ1v) is 3.49. The van der Waals surface area contributed by atoms with Crippen LogP contribution in [0.15, 0.2) is 12.2 Å². The molecule has 0 bridgehead atoms. The Hall–Kier alpha value is 0.570. The maximum atomic E-state index is 8.90. The maximum absolute atomic E-state index is 8.90. The van der Waals surface area contributed by atoms with Crippen LogP contribution in [0.3, 0.4) is 0 Å². The molecule has 1 N–H and O–H groups in total. The fourth-order valence-electron chi connectivity index (χ4n) is 0.291. The number of aliphatic hydroxyl groups excluding tert-OH is 1. The summed E-state index contributed by atoms with van der Waals surface area (Å²) < 4.78 is -1.60. The predicted molar refractivity (Wildman–Crippen MR) is 41.1 cm³/mol. The third-order valence-electron chi connectivity index (χ3n) is 0.710. The SMILES string of the molecule is C/C=C/C(O)C(Cl)(Cl)Cl. The molecule has 0 spiro atoms. The lowest BCUT2D eigenvalue weighted by Crippen LogP contribution is -2.22. The Labute approximate surface area is 69.2 Å². The van der Waals surface area contributed by atoms with Gasteiger partial charge >= 0.3 is 0 Å². The summed E-state index contributed by atoms with van der Waals surface area (Å²) in [6.45, 7) is 1.74. The van der Waals surface area contributed by atoms with Crippen molar-refractivity contribution in [1.29, 1.82) is 0 Å². The standard InChI is InChI=1S/C5H7Cl3O/c1-2-3-4(9)5(6,7)8/h2-4,9H,1H3/b3-2+. The molecule has 1 nitrogen and oxygen atoms in total. The molecule has 4 heteroatoms. The molecule has 54 valence electrons. The van der Waals surface area contributed by atoms with Crippen molar-refractivity contribution >= 4 is 34.8 Å². The number of alkyl halides is 3. The smallest absolute Gasteiger partial charge is 0.219 e. The van der Waals surface area contributed by atoms with Crippen LogP contribution < -0.4 is 0 Å². The molecule has 1 unspecified atom stereocenters. The third kappa shape index (κ3) is 4.04. The maximum Gasteiger partial charge on any atom is 0.219 e. The number of aliphatic hydroxyl groups is 1. The molecule has 0 amide bonds. The number of allylic oxidation sites excluding steroid dienone is 1. The van der Waals surface area contributed by atoms with Crippen molar-refractivity contribution in [3.8, 4) is 0 Å². The van der Waals surface area contributed by atoms with Gasteiger partial charge in [-0.15, -0.1) is 0 Å². The molecule has 0 rings (SSSR count). The van der Waals surface area contributed by atoms with Crippen molar-refractivity contribution in [2.45, 2.75) is 16.8 Å². The van der Waals surface area contributed by atoms with Gasteiger partial charge in [-0.1, -0.05) is 47.0 Å². The van der Waals surface area contributed by atoms with Gasteiger partial charge in [-0.2, -0.15) is 0 Å². The number of halogens is 3. The van der Waals surface area contributed by atoms with Gasteiger partial charge in [0, 0.05) is 0 Å². The van der Waals surface area contributed by atoms with E-state index in [0.717, 1.165) is 0 Å². The van der Waals surface area contributed by atoms with Gasteiger partial charge in [-0.25, -0.2) is 0 Å². The monoisotopic (exact) mass is 188 g/mol. The van der Waals surface area contributed by atoms with E-state index in [-0.39, 0.29) is 0 Å². The lowest BCUT2D eigenvalue weighted by Gasteiger charge is -2.13. The van der Waals surface area contributed by atoms with Gasteiger partial charge in [-0.05, 0) is 6.92 Å². The fraction of sp³-hybridized carbons (Fsp3) is 0.600. The van der Waals surface area contributed by atoms with E-state index in [0.29, 0.717) is 0 Å². The molecule has 0 saturated heterocycles. The molecular weight excluding hydrogens is 182 g/mol. The van der Waals surface area contributed by atoms with Crippen molar-refractivity contribution in [3.63, 3.8) is 0 Å². The van der Waals surface area contributed by atoms with Crippen LogP contribution in [-0.2, 0) is 0 Å². The Morgan fingerprint density at radius 1 is 1.44 bits per heavy atom. The van der Waals surface area contributed by atoms with Crippen molar-refractivity contribution < 1.29 is 5.11 Å². The fourth-order valence-corrected chi connectivity index (χ4v) is 0.510. The van der Waals surface area contributed by atoms with Crippen LogP contribution in [0.2, 0.25) is 0 Å². The minimum atomic E-state index is -1.60. The minimum absolute atomic E-state index is 1.02. The molecule has 0 aromatic carbocycles. The highest BCUT2D eigenvalue weighted by Crippen LogP contribution is 2.30. The Morgan fingerprint density at radius 2 is 1.89 bits per heavy atom. The molecule has 0 saturated carbocycles. The van der Waals surface area contributed by atoms with E-state index in [4.69, 9.17) is 39.9 Å². The summed E-state index contributed by atoms with van der Waals surface area (Å²) in [6.07, 6.45) is 2.01. The van der Waals surface area contributed by atoms with Gasteiger partial charge in [-0.3, -0.25) is 0 Å². The van der Waals surface area contributed by atoms with E-state index in [1.807, 2.05) is 0 Å². The van der Waals surface area contributed by atoms with Gasteiger partial charge in [0.25, 0.3) is 0 Å². The molecule has 0 aliphatic heterocycles. The average molecular weight is 189 g/mol. The highest BCUT2D eigenvalue weighted by Gasteiger charge is 2.27. The second kappa shape index (κ2) is 3.67. The molecule has 1 atom stereocenters. The second-order valence-electron chi connectivity index (χ2n) is 1.51. The summed E-state index contributed by atoms with van der Waals surface area (Å²) in [6, 6.07) is 0. The van der Waals surface area contributed by atoms with Crippen molar-refractivity contribution in [3.05, 3.63) is 12.2 Å². The van der Waals surface area contributed by atoms with E-state index < -0.39 is 9.90 Å². The largest absolute Gasteiger partial charge is 0.385 e. The van der Waals surface area contributed by atoms with Crippen LogP contribution in [0.1, 0.15) is 6.92 Å². The van der Waals surface area contributed by atoms with Crippen LogP contribution in [0, 0.1) is 0 Å². The van der Waals surface area contributed by atoms with Gasteiger partial charge in [0.1, 0.15) is 6.10 Å². The van der Waals surface area contributed by atoms with Crippen LogP contribution >= 0.6 is 34.8 Å². The molecule has 0 aliphatic carbocycles. The summed E-state index contributed by atoms with van der Waals surface area (Å²) in [7, 11) is 0. The van der Waals surface area contributed by atoms with E-state index >= 15 is 0 Å². The van der Waals surface area contributed by atoms with Gasteiger partial charge < -0.3 is 5.11 Å². The van der Waals surface area contributed by atoms with Crippen LogP contribution in [-0.4, -0.2) is 15.0 Å². The van der Waals surface area contributed by atoms with E-state index in [2.05, 4.69) is 0 Å².